The van der Waals surface area contributed by atoms with Crippen molar-refractivity contribution < 1.29 is 18.4 Å². The molecule has 2 N–H and O–H groups in total. The second-order valence-electron chi connectivity index (χ2n) is 4.22. The molecule has 0 saturated heterocycles. The summed E-state index contributed by atoms with van der Waals surface area (Å²) in [6, 6.07) is 5.79. The lowest BCUT2D eigenvalue weighted by atomic mass is 10.3. The van der Waals surface area contributed by atoms with Crippen molar-refractivity contribution in [3.8, 4) is 0 Å². The summed E-state index contributed by atoms with van der Waals surface area (Å²) in [5, 5.41) is 4.99. The minimum Gasteiger partial charge on any atom is -0.342 e. The number of anilines is 1. The van der Waals surface area contributed by atoms with Gasteiger partial charge in [-0.05, 0) is 24.3 Å². The molecule has 2 aromatic rings. The molecule has 1 aromatic heterocycles. The molecule has 1 heterocycles. The molecule has 0 aliphatic carbocycles. The van der Waals surface area contributed by atoms with Gasteiger partial charge in [0.15, 0.2) is 11.6 Å². The molecule has 2 amide bonds. The zero-order valence-electron chi connectivity index (χ0n) is 11.1. The highest BCUT2D eigenvalue weighted by molar-refractivity contribution is 6.30. The number of carbonyl (C=O) groups is 2. The molecule has 0 aliphatic heterocycles. The van der Waals surface area contributed by atoms with Gasteiger partial charge < -0.3 is 10.6 Å². The number of amides is 2. The molecule has 0 fully saturated rings. The van der Waals surface area contributed by atoms with Crippen LogP contribution in [0.2, 0.25) is 5.02 Å². The van der Waals surface area contributed by atoms with E-state index in [1.807, 2.05) is 0 Å². The van der Waals surface area contributed by atoms with E-state index < -0.39 is 23.4 Å². The fourth-order valence-corrected chi connectivity index (χ4v) is 1.72. The third-order valence-electron chi connectivity index (χ3n) is 2.57. The number of nitrogens with one attached hydrogen (secondary N) is 2. The molecule has 114 valence electrons. The summed E-state index contributed by atoms with van der Waals surface area (Å²) in [5.41, 5.74) is 0.146. The monoisotopic (exact) mass is 325 g/mol. The summed E-state index contributed by atoms with van der Waals surface area (Å²) in [4.78, 5) is 27.2. The van der Waals surface area contributed by atoms with Gasteiger partial charge >= 0.3 is 0 Å². The van der Waals surface area contributed by atoms with Gasteiger partial charge in [-0.1, -0.05) is 11.6 Å². The van der Waals surface area contributed by atoms with E-state index in [1.54, 1.807) is 0 Å². The number of halogens is 3. The predicted molar refractivity (Wildman–Crippen MR) is 76.6 cm³/mol. The molecule has 0 spiro atoms. The van der Waals surface area contributed by atoms with Crippen molar-refractivity contribution in [1.82, 2.24) is 10.3 Å². The van der Waals surface area contributed by atoms with Crippen LogP contribution in [0.4, 0.5) is 14.5 Å². The first kappa shape index (κ1) is 15.8. The van der Waals surface area contributed by atoms with Crippen molar-refractivity contribution in [1.29, 1.82) is 0 Å². The Labute approximate surface area is 129 Å². The molecule has 2 rings (SSSR count). The Morgan fingerprint density at radius 2 is 1.91 bits per heavy atom. The average Bonchev–Trinajstić information content (AvgIpc) is 2.48. The van der Waals surface area contributed by atoms with Crippen molar-refractivity contribution in [2.75, 3.05) is 11.9 Å². The molecule has 0 aliphatic rings. The van der Waals surface area contributed by atoms with Crippen LogP contribution >= 0.6 is 11.6 Å². The minimum absolute atomic E-state index is 0.0631. The number of benzene rings is 1. The quantitative estimate of drug-likeness (QED) is 0.906. The Morgan fingerprint density at radius 1 is 1.14 bits per heavy atom. The Hall–Kier alpha value is -2.54. The smallest absolute Gasteiger partial charge is 0.270 e. The molecular weight excluding hydrogens is 316 g/mol. The molecule has 0 radical (unpaired) electrons. The van der Waals surface area contributed by atoms with E-state index in [0.29, 0.717) is 5.02 Å². The first-order valence-corrected chi connectivity index (χ1v) is 6.48. The Bertz CT molecular complexity index is 725. The van der Waals surface area contributed by atoms with Crippen molar-refractivity contribution >= 4 is 29.1 Å². The van der Waals surface area contributed by atoms with Crippen LogP contribution in [-0.2, 0) is 4.79 Å². The molecule has 0 bridgehead atoms. The molecular formula is C14H10ClF2N3O2. The van der Waals surface area contributed by atoms with Gasteiger partial charge in [0.25, 0.3) is 5.91 Å². The third kappa shape index (κ3) is 4.23. The van der Waals surface area contributed by atoms with Gasteiger partial charge in [-0.3, -0.25) is 14.6 Å². The fraction of sp³-hybridized carbons (Fsp3) is 0.0714. The third-order valence-corrected chi connectivity index (χ3v) is 2.80. The van der Waals surface area contributed by atoms with Crippen LogP contribution < -0.4 is 10.6 Å². The van der Waals surface area contributed by atoms with Crippen LogP contribution in [0.25, 0.3) is 0 Å². The standard InChI is InChI=1S/C14H10ClF2N3O2/c15-8-3-4-18-12(5-8)14(22)19-7-13(21)20-9-1-2-10(16)11(17)6-9/h1-6H,7H2,(H,19,22)(H,20,21). The summed E-state index contributed by atoms with van der Waals surface area (Å²) in [6.07, 6.45) is 1.36. The van der Waals surface area contributed by atoms with E-state index in [4.69, 9.17) is 11.6 Å². The van der Waals surface area contributed by atoms with Crippen LogP contribution in [0, 0.1) is 11.6 Å². The number of hydrogen-bond acceptors (Lipinski definition) is 3. The van der Waals surface area contributed by atoms with Crippen molar-refractivity contribution in [3.63, 3.8) is 0 Å². The first-order chi connectivity index (χ1) is 10.5. The molecule has 0 saturated carbocycles. The normalized spacial score (nSPS) is 10.1. The summed E-state index contributed by atoms with van der Waals surface area (Å²) in [6.45, 7) is -0.355. The summed E-state index contributed by atoms with van der Waals surface area (Å²) >= 11 is 5.72. The van der Waals surface area contributed by atoms with E-state index >= 15 is 0 Å². The Balaban J connectivity index is 1.90. The SMILES string of the molecule is O=C(CNC(=O)c1cc(Cl)ccn1)Nc1ccc(F)c(F)c1. The summed E-state index contributed by atoms with van der Waals surface area (Å²) in [7, 11) is 0. The van der Waals surface area contributed by atoms with E-state index in [0.717, 1.165) is 12.1 Å². The number of carbonyl (C=O) groups excluding carboxylic acids is 2. The maximum absolute atomic E-state index is 13.0. The molecule has 5 nitrogen and oxygen atoms in total. The second kappa shape index (κ2) is 6.95. The second-order valence-corrected chi connectivity index (χ2v) is 4.66. The molecule has 8 heteroatoms. The van der Waals surface area contributed by atoms with Crippen LogP contribution in [0.3, 0.4) is 0 Å². The van der Waals surface area contributed by atoms with Gasteiger partial charge in [0, 0.05) is 23.0 Å². The van der Waals surface area contributed by atoms with Gasteiger partial charge in [-0.15, -0.1) is 0 Å². The van der Waals surface area contributed by atoms with E-state index in [2.05, 4.69) is 15.6 Å². The van der Waals surface area contributed by atoms with Gasteiger partial charge in [-0.25, -0.2) is 8.78 Å². The molecule has 22 heavy (non-hydrogen) atoms. The Morgan fingerprint density at radius 3 is 2.59 bits per heavy atom. The van der Waals surface area contributed by atoms with Crippen LogP contribution in [0.15, 0.2) is 36.5 Å². The van der Waals surface area contributed by atoms with E-state index in [9.17, 15) is 18.4 Å². The molecule has 0 atom stereocenters. The summed E-state index contributed by atoms with van der Waals surface area (Å²) in [5.74, 6) is -3.27. The van der Waals surface area contributed by atoms with Crippen molar-refractivity contribution in [3.05, 3.63) is 58.9 Å². The summed E-state index contributed by atoms with van der Waals surface area (Å²) < 4.78 is 25.7. The fourth-order valence-electron chi connectivity index (χ4n) is 1.56. The van der Waals surface area contributed by atoms with E-state index in [1.165, 1.54) is 24.4 Å². The van der Waals surface area contributed by atoms with Crippen LogP contribution in [-0.4, -0.2) is 23.3 Å². The van der Waals surface area contributed by atoms with E-state index in [-0.39, 0.29) is 17.9 Å². The number of hydrogen-bond donors (Lipinski definition) is 2. The highest BCUT2D eigenvalue weighted by Crippen LogP contribution is 2.12. The van der Waals surface area contributed by atoms with Crippen molar-refractivity contribution in [2.24, 2.45) is 0 Å². The Kier molecular flexibility index (Phi) is 5.00. The van der Waals surface area contributed by atoms with Gasteiger partial charge in [0.05, 0.1) is 6.54 Å². The predicted octanol–water partition coefficient (Wildman–Crippen LogP) is 2.38. The largest absolute Gasteiger partial charge is 0.342 e. The zero-order valence-corrected chi connectivity index (χ0v) is 11.8. The van der Waals surface area contributed by atoms with Gasteiger partial charge in [-0.2, -0.15) is 0 Å². The molecule has 1 aromatic carbocycles. The first-order valence-electron chi connectivity index (χ1n) is 6.10. The maximum Gasteiger partial charge on any atom is 0.270 e. The number of nitrogens with zero attached hydrogens (tertiary/aromatic N) is 1. The molecule has 0 unspecified atom stereocenters. The van der Waals surface area contributed by atoms with Crippen LogP contribution in [0.1, 0.15) is 10.5 Å². The number of aromatic nitrogens is 1. The topological polar surface area (TPSA) is 71.1 Å². The zero-order chi connectivity index (χ0) is 16.1. The lowest BCUT2D eigenvalue weighted by Gasteiger charge is -2.07. The maximum atomic E-state index is 13.0. The highest BCUT2D eigenvalue weighted by atomic mass is 35.5. The van der Waals surface area contributed by atoms with Gasteiger partial charge in [0.1, 0.15) is 5.69 Å². The lowest BCUT2D eigenvalue weighted by molar-refractivity contribution is -0.115. The van der Waals surface area contributed by atoms with Crippen LogP contribution in [0.5, 0.6) is 0 Å². The number of pyridine rings is 1. The average molecular weight is 326 g/mol. The minimum atomic E-state index is -1.08. The lowest BCUT2D eigenvalue weighted by Crippen LogP contribution is -2.33. The number of rotatable bonds is 4. The highest BCUT2D eigenvalue weighted by Gasteiger charge is 2.10. The van der Waals surface area contributed by atoms with Crippen molar-refractivity contribution in [2.45, 2.75) is 0 Å². The van der Waals surface area contributed by atoms with Gasteiger partial charge in [0.2, 0.25) is 5.91 Å².